The largest absolute Gasteiger partial charge is 0.454 e. The summed E-state index contributed by atoms with van der Waals surface area (Å²) in [7, 11) is -3.84. The molecule has 0 saturated carbocycles. The third-order valence-corrected chi connectivity index (χ3v) is 6.00. The van der Waals surface area contributed by atoms with Crippen molar-refractivity contribution >= 4 is 27.4 Å². The molecule has 7 nitrogen and oxygen atoms in total. The number of sulfonamides is 1. The number of halogens is 1. The zero-order chi connectivity index (χ0) is 19.2. The number of anilines is 1. The normalized spacial score (nSPS) is 13.0. The molecule has 2 N–H and O–H groups in total. The molecule has 140 valence electrons. The van der Waals surface area contributed by atoms with E-state index in [1.54, 1.807) is 25.1 Å². The van der Waals surface area contributed by atoms with Gasteiger partial charge in [-0.2, -0.15) is 5.10 Å². The lowest BCUT2D eigenvalue weighted by Crippen LogP contribution is -2.15. The van der Waals surface area contributed by atoms with Crippen molar-refractivity contribution in [3.8, 4) is 22.6 Å². The quantitative estimate of drug-likeness (QED) is 0.687. The highest BCUT2D eigenvalue weighted by Crippen LogP contribution is 2.39. The van der Waals surface area contributed by atoms with Crippen molar-refractivity contribution in [2.45, 2.75) is 18.7 Å². The number of nitrogens with one attached hydrogen (secondary N) is 2. The van der Waals surface area contributed by atoms with Crippen molar-refractivity contribution in [3.63, 3.8) is 0 Å². The predicted octanol–water partition coefficient (Wildman–Crippen LogP) is 3.88. The number of rotatable bonds is 4. The molecule has 27 heavy (non-hydrogen) atoms. The second kappa shape index (κ2) is 6.47. The molecule has 1 aromatic heterocycles. The van der Waals surface area contributed by atoms with Gasteiger partial charge in [-0.1, -0.05) is 17.7 Å². The van der Waals surface area contributed by atoms with Gasteiger partial charge in [-0.3, -0.25) is 9.82 Å². The maximum atomic E-state index is 12.9. The first kappa shape index (κ1) is 17.7. The molecule has 4 rings (SSSR count). The number of nitrogens with zero attached hydrogens (tertiary/aromatic N) is 1. The lowest BCUT2D eigenvalue weighted by Gasteiger charge is -2.11. The van der Waals surface area contributed by atoms with Gasteiger partial charge in [0.25, 0.3) is 10.0 Å². The fraction of sp³-hybridized carbons (Fsp3) is 0.167. The first-order valence-corrected chi connectivity index (χ1v) is 9.95. The second-order valence-corrected chi connectivity index (χ2v) is 8.24. The molecule has 2 aromatic carbocycles. The van der Waals surface area contributed by atoms with Gasteiger partial charge in [0.05, 0.1) is 4.90 Å². The van der Waals surface area contributed by atoms with Crippen LogP contribution in [-0.2, 0) is 10.0 Å². The van der Waals surface area contributed by atoms with Crippen molar-refractivity contribution < 1.29 is 17.9 Å². The summed E-state index contributed by atoms with van der Waals surface area (Å²) < 4.78 is 39.0. The van der Waals surface area contributed by atoms with Gasteiger partial charge in [0.15, 0.2) is 17.3 Å². The van der Waals surface area contributed by atoms with Gasteiger partial charge in [-0.05, 0) is 55.3 Å². The summed E-state index contributed by atoms with van der Waals surface area (Å²) >= 11 is 5.93. The monoisotopic (exact) mass is 405 g/mol. The number of aromatic nitrogens is 2. The number of hydrogen-bond donors (Lipinski definition) is 2. The van der Waals surface area contributed by atoms with E-state index in [9.17, 15) is 8.42 Å². The zero-order valence-corrected chi connectivity index (χ0v) is 16.1. The Hall–Kier alpha value is -2.71. The number of aromatic amines is 1. The highest BCUT2D eigenvalue weighted by molar-refractivity contribution is 7.92. The lowest BCUT2D eigenvalue weighted by molar-refractivity contribution is 0.174. The van der Waals surface area contributed by atoms with Crippen LogP contribution in [0.3, 0.4) is 0 Å². The minimum absolute atomic E-state index is 0.143. The van der Waals surface area contributed by atoms with Crippen LogP contribution in [-0.4, -0.2) is 25.4 Å². The standard InChI is InChI=1S/C18H16ClN3O4S/c1-10-7-13(19)4-6-16(10)27(23,24)22-18-17(11(2)20-21-18)12-3-5-14-15(8-12)26-9-25-14/h3-8H,9H2,1-2H3,(H2,20,21,22). The van der Waals surface area contributed by atoms with E-state index in [1.807, 2.05) is 13.0 Å². The fourth-order valence-corrected chi connectivity index (χ4v) is 4.47. The molecule has 0 unspecified atom stereocenters. The summed E-state index contributed by atoms with van der Waals surface area (Å²) in [5.74, 6) is 1.47. The zero-order valence-electron chi connectivity index (χ0n) is 14.5. The van der Waals surface area contributed by atoms with Crippen molar-refractivity contribution in [1.29, 1.82) is 0 Å². The second-order valence-electron chi connectivity index (χ2n) is 6.16. The van der Waals surface area contributed by atoms with Gasteiger partial charge >= 0.3 is 0 Å². The summed E-state index contributed by atoms with van der Waals surface area (Å²) in [5, 5.41) is 7.44. The highest BCUT2D eigenvalue weighted by atomic mass is 35.5. The Bertz CT molecular complexity index is 1140. The summed E-state index contributed by atoms with van der Waals surface area (Å²) in [5.41, 5.74) is 2.67. The van der Waals surface area contributed by atoms with E-state index in [4.69, 9.17) is 21.1 Å². The molecular weight excluding hydrogens is 390 g/mol. The molecule has 2 heterocycles. The van der Waals surface area contributed by atoms with Crippen LogP contribution >= 0.6 is 11.6 Å². The van der Waals surface area contributed by atoms with Crippen LogP contribution in [0.4, 0.5) is 5.82 Å². The van der Waals surface area contributed by atoms with Crippen LogP contribution in [0.2, 0.25) is 5.02 Å². The van der Waals surface area contributed by atoms with Gasteiger partial charge in [0, 0.05) is 16.3 Å². The molecule has 3 aromatic rings. The molecule has 1 aliphatic rings. The molecule has 9 heteroatoms. The highest BCUT2D eigenvalue weighted by Gasteiger charge is 2.23. The van der Waals surface area contributed by atoms with Crippen LogP contribution in [0.1, 0.15) is 11.3 Å². The first-order valence-electron chi connectivity index (χ1n) is 8.09. The van der Waals surface area contributed by atoms with E-state index in [-0.39, 0.29) is 17.5 Å². The summed E-state index contributed by atoms with van der Waals surface area (Å²) in [6.45, 7) is 3.67. The fourth-order valence-electron chi connectivity index (χ4n) is 3.00. The Morgan fingerprint density at radius 1 is 1.11 bits per heavy atom. The van der Waals surface area contributed by atoms with Gasteiger partial charge in [-0.15, -0.1) is 0 Å². The summed E-state index contributed by atoms with van der Waals surface area (Å²) in [6, 6.07) is 10.0. The molecule has 0 fully saturated rings. The van der Waals surface area contributed by atoms with Crippen LogP contribution in [0, 0.1) is 13.8 Å². The molecule has 0 radical (unpaired) electrons. The van der Waals surface area contributed by atoms with E-state index < -0.39 is 10.0 Å². The minimum Gasteiger partial charge on any atom is -0.454 e. The SMILES string of the molecule is Cc1cc(Cl)ccc1S(=O)(=O)Nc1n[nH]c(C)c1-c1ccc2c(c1)OCO2. The number of H-pyrrole nitrogens is 1. The maximum absolute atomic E-state index is 12.9. The number of hydrogen-bond acceptors (Lipinski definition) is 5. The van der Waals surface area contributed by atoms with Gasteiger partial charge in [-0.25, -0.2) is 8.42 Å². The Labute approximate surface area is 161 Å². The Morgan fingerprint density at radius 3 is 2.67 bits per heavy atom. The predicted molar refractivity (Wildman–Crippen MR) is 102 cm³/mol. The Balaban J connectivity index is 1.74. The summed E-state index contributed by atoms with van der Waals surface area (Å²) in [4.78, 5) is 0.143. The van der Waals surface area contributed by atoms with Crippen molar-refractivity contribution in [2.75, 3.05) is 11.5 Å². The average molecular weight is 406 g/mol. The maximum Gasteiger partial charge on any atom is 0.263 e. The molecule has 0 saturated heterocycles. The Kier molecular flexibility index (Phi) is 4.24. The average Bonchev–Trinajstić information content (AvgIpc) is 3.20. The van der Waals surface area contributed by atoms with Crippen LogP contribution < -0.4 is 14.2 Å². The van der Waals surface area contributed by atoms with E-state index in [2.05, 4.69) is 14.9 Å². The summed E-state index contributed by atoms with van der Waals surface area (Å²) in [6.07, 6.45) is 0. The third kappa shape index (κ3) is 3.22. The molecule has 0 amide bonds. The van der Waals surface area contributed by atoms with Crippen LogP contribution in [0.25, 0.3) is 11.1 Å². The van der Waals surface area contributed by atoms with E-state index in [1.165, 1.54) is 12.1 Å². The molecule has 0 atom stereocenters. The lowest BCUT2D eigenvalue weighted by atomic mass is 10.1. The Morgan fingerprint density at radius 2 is 1.89 bits per heavy atom. The van der Waals surface area contributed by atoms with Crippen molar-refractivity contribution in [1.82, 2.24) is 10.2 Å². The van der Waals surface area contributed by atoms with Crippen molar-refractivity contribution in [3.05, 3.63) is 52.7 Å². The van der Waals surface area contributed by atoms with Gasteiger partial charge in [0.1, 0.15) is 0 Å². The van der Waals surface area contributed by atoms with Crippen LogP contribution in [0.5, 0.6) is 11.5 Å². The topological polar surface area (TPSA) is 93.3 Å². The number of ether oxygens (including phenoxy) is 2. The number of benzene rings is 2. The minimum atomic E-state index is -3.84. The third-order valence-electron chi connectivity index (χ3n) is 4.27. The van der Waals surface area contributed by atoms with Crippen molar-refractivity contribution in [2.24, 2.45) is 0 Å². The van der Waals surface area contributed by atoms with E-state index >= 15 is 0 Å². The number of aryl methyl sites for hydroxylation is 2. The number of fused-ring (bicyclic) bond motifs is 1. The smallest absolute Gasteiger partial charge is 0.263 e. The molecule has 0 spiro atoms. The van der Waals surface area contributed by atoms with Gasteiger partial charge in [0.2, 0.25) is 6.79 Å². The first-order chi connectivity index (χ1) is 12.8. The molecule has 0 aliphatic carbocycles. The van der Waals surface area contributed by atoms with Crippen LogP contribution in [0.15, 0.2) is 41.3 Å². The van der Waals surface area contributed by atoms with E-state index in [0.717, 1.165) is 11.3 Å². The van der Waals surface area contributed by atoms with Gasteiger partial charge < -0.3 is 9.47 Å². The molecule has 1 aliphatic heterocycles. The molecular formula is C18H16ClN3O4S. The van der Waals surface area contributed by atoms with E-state index in [0.29, 0.717) is 27.6 Å². The molecule has 0 bridgehead atoms.